The molecule has 0 atom stereocenters. The van der Waals surface area contributed by atoms with Gasteiger partial charge in [0, 0.05) is 44.3 Å². The number of likely N-dealkylation sites (N-methyl/N-ethyl adjacent to an activating group) is 1. The summed E-state index contributed by atoms with van der Waals surface area (Å²) in [5.74, 6) is 1.27. The van der Waals surface area contributed by atoms with Crippen molar-refractivity contribution >= 4 is 17.5 Å². The standard InChI is InChI=1S/C20H27N5O2/c1-4-24-9-11-25(12-10-24)19(26)16-13-21-20(22-14-16)23-17-5-7-18(8-6-17)27-15(2)3/h5-8,13-15H,4,9-12H2,1-3H3,(H,21,22,23). The van der Waals surface area contributed by atoms with Crippen LogP contribution in [0.2, 0.25) is 0 Å². The Morgan fingerprint density at radius 2 is 1.74 bits per heavy atom. The lowest BCUT2D eigenvalue weighted by Gasteiger charge is -2.33. The van der Waals surface area contributed by atoms with E-state index in [0.29, 0.717) is 11.5 Å². The Morgan fingerprint density at radius 3 is 2.30 bits per heavy atom. The van der Waals surface area contributed by atoms with Crippen LogP contribution in [0.4, 0.5) is 11.6 Å². The summed E-state index contributed by atoms with van der Waals surface area (Å²) in [4.78, 5) is 25.3. The molecule has 0 radical (unpaired) electrons. The summed E-state index contributed by atoms with van der Waals surface area (Å²) >= 11 is 0. The zero-order chi connectivity index (χ0) is 19.2. The molecule has 0 spiro atoms. The van der Waals surface area contributed by atoms with E-state index in [2.05, 4.69) is 27.1 Å². The van der Waals surface area contributed by atoms with E-state index in [4.69, 9.17) is 4.74 Å². The van der Waals surface area contributed by atoms with Gasteiger partial charge in [-0.1, -0.05) is 6.92 Å². The second-order valence-corrected chi connectivity index (χ2v) is 6.84. The Hall–Kier alpha value is -2.67. The zero-order valence-electron chi connectivity index (χ0n) is 16.2. The summed E-state index contributed by atoms with van der Waals surface area (Å²) in [7, 11) is 0. The molecule has 3 rings (SSSR count). The minimum atomic E-state index is -0.00695. The van der Waals surface area contributed by atoms with Gasteiger partial charge in [0.25, 0.3) is 5.91 Å². The number of hydrogen-bond donors (Lipinski definition) is 1. The van der Waals surface area contributed by atoms with Gasteiger partial charge in [0.15, 0.2) is 0 Å². The van der Waals surface area contributed by atoms with E-state index >= 15 is 0 Å². The maximum Gasteiger partial charge on any atom is 0.257 e. The summed E-state index contributed by atoms with van der Waals surface area (Å²) in [6, 6.07) is 7.62. The first-order valence-electron chi connectivity index (χ1n) is 9.42. The van der Waals surface area contributed by atoms with E-state index in [1.165, 1.54) is 0 Å². The smallest absolute Gasteiger partial charge is 0.257 e. The largest absolute Gasteiger partial charge is 0.491 e. The van der Waals surface area contributed by atoms with Crippen molar-refractivity contribution in [3.63, 3.8) is 0 Å². The summed E-state index contributed by atoms with van der Waals surface area (Å²) < 4.78 is 5.63. The molecule has 0 unspecified atom stereocenters. The lowest BCUT2D eigenvalue weighted by Crippen LogP contribution is -2.48. The molecule has 0 aliphatic carbocycles. The molecule has 0 bridgehead atoms. The molecule has 144 valence electrons. The number of anilines is 2. The maximum atomic E-state index is 12.6. The van der Waals surface area contributed by atoms with Crippen LogP contribution in [0.15, 0.2) is 36.7 Å². The number of rotatable bonds is 6. The maximum absolute atomic E-state index is 12.6. The Bertz CT molecular complexity index is 738. The predicted octanol–water partition coefficient (Wildman–Crippen LogP) is 2.79. The van der Waals surface area contributed by atoms with Crippen molar-refractivity contribution in [2.45, 2.75) is 26.9 Å². The van der Waals surface area contributed by atoms with Crippen LogP contribution in [0, 0.1) is 0 Å². The third kappa shape index (κ3) is 5.17. The van der Waals surface area contributed by atoms with Gasteiger partial charge in [-0.15, -0.1) is 0 Å². The highest BCUT2D eigenvalue weighted by atomic mass is 16.5. The molecule has 2 aromatic rings. The van der Waals surface area contributed by atoms with Crippen molar-refractivity contribution < 1.29 is 9.53 Å². The summed E-state index contributed by atoms with van der Waals surface area (Å²) in [5, 5.41) is 3.13. The number of aromatic nitrogens is 2. The van der Waals surface area contributed by atoms with Gasteiger partial charge in [-0.05, 0) is 44.7 Å². The first kappa shape index (κ1) is 19.1. The molecule has 1 aromatic carbocycles. The minimum absolute atomic E-state index is 0.00695. The van der Waals surface area contributed by atoms with Crippen LogP contribution in [0.1, 0.15) is 31.1 Å². The first-order valence-corrected chi connectivity index (χ1v) is 9.42. The monoisotopic (exact) mass is 369 g/mol. The number of nitrogens with zero attached hydrogens (tertiary/aromatic N) is 4. The van der Waals surface area contributed by atoms with Gasteiger partial charge >= 0.3 is 0 Å². The molecule has 1 amide bonds. The number of piperazine rings is 1. The predicted molar refractivity (Wildman–Crippen MR) is 106 cm³/mol. The van der Waals surface area contributed by atoms with Crippen molar-refractivity contribution in [1.82, 2.24) is 19.8 Å². The number of carbonyl (C=O) groups excluding carboxylic acids is 1. The molecular weight excluding hydrogens is 342 g/mol. The van der Waals surface area contributed by atoms with E-state index in [-0.39, 0.29) is 12.0 Å². The van der Waals surface area contributed by atoms with Crippen molar-refractivity contribution in [2.75, 3.05) is 38.0 Å². The molecular formula is C20H27N5O2. The van der Waals surface area contributed by atoms with Gasteiger partial charge < -0.3 is 19.9 Å². The average molecular weight is 369 g/mol. The van der Waals surface area contributed by atoms with Crippen LogP contribution >= 0.6 is 0 Å². The highest BCUT2D eigenvalue weighted by Gasteiger charge is 2.21. The lowest BCUT2D eigenvalue weighted by atomic mass is 10.2. The third-order valence-corrected chi connectivity index (χ3v) is 4.49. The highest BCUT2D eigenvalue weighted by Crippen LogP contribution is 2.19. The number of benzene rings is 1. The molecule has 1 fully saturated rings. The van der Waals surface area contributed by atoms with Crippen molar-refractivity contribution in [1.29, 1.82) is 0 Å². The molecule has 0 saturated carbocycles. The van der Waals surface area contributed by atoms with E-state index in [1.54, 1.807) is 12.4 Å². The van der Waals surface area contributed by atoms with Crippen molar-refractivity contribution in [3.8, 4) is 5.75 Å². The fourth-order valence-corrected chi connectivity index (χ4v) is 2.97. The van der Waals surface area contributed by atoms with Gasteiger partial charge in [-0.2, -0.15) is 0 Å². The second-order valence-electron chi connectivity index (χ2n) is 6.84. The molecule has 1 aromatic heterocycles. The normalized spacial score (nSPS) is 15.0. The average Bonchev–Trinajstić information content (AvgIpc) is 2.69. The van der Waals surface area contributed by atoms with E-state index in [9.17, 15) is 4.79 Å². The summed E-state index contributed by atoms with van der Waals surface area (Å²) in [6.07, 6.45) is 3.31. The molecule has 1 N–H and O–H groups in total. The van der Waals surface area contributed by atoms with E-state index in [0.717, 1.165) is 44.2 Å². The van der Waals surface area contributed by atoms with Gasteiger partial charge in [-0.25, -0.2) is 9.97 Å². The quantitative estimate of drug-likeness (QED) is 0.844. The molecule has 2 heterocycles. The van der Waals surface area contributed by atoms with Crippen LogP contribution in [-0.4, -0.2) is 64.5 Å². The van der Waals surface area contributed by atoms with E-state index in [1.807, 2.05) is 43.0 Å². The van der Waals surface area contributed by atoms with Gasteiger partial charge in [0.1, 0.15) is 5.75 Å². The first-order chi connectivity index (χ1) is 13.0. The number of amides is 1. The number of carbonyl (C=O) groups is 1. The zero-order valence-corrected chi connectivity index (χ0v) is 16.2. The van der Waals surface area contributed by atoms with Crippen LogP contribution in [0.25, 0.3) is 0 Å². The molecule has 1 aliphatic heterocycles. The fraction of sp³-hybridized carbons (Fsp3) is 0.450. The molecule has 7 heteroatoms. The van der Waals surface area contributed by atoms with Crippen molar-refractivity contribution in [3.05, 3.63) is 42.2 Å². The van der Waals surface area contributed by atoms with Crippen molar-refractivity contribution in [2.24, 2.45) is 0 Å². The van der Waals surface area contributed by atoms with Gasteiger partial charge in [0.2, 0.25) is 5.95 Å². The van der Waals surface area contributed by atoms with Crippen LogP contribution < -0.4 is 10.1 Å². The van der Waals surface area contributed by atoms with Crippen LogP contribution in [0.5, 0.6) is 5.75 Å². The Labute approximate surface area is 160 Å². The van der Waals surface area contributed by atoms with Gasteiger partial charge in [-0.3, -0.25) is 4.79 Å². The Balaban J connectivity index is 1.57. The number of ether oxygens (including phenoxy) is 1. The van der Waals surface area contributed by atoms with Gasteiger partial charge in [0.05, 0.1) is 11.7 Å². The topological polar surface area (TPSA) is 70.6 Å². The fourth-order valence-electron chi connectivity index (χ4n) is 2.97. The number of hydrogen-bond acceptors (Lipinski definition) is 6. The van der Waals surface area contributed by atoms with E-state index < -0.39 is 0 Å². The second kappa shape index (κ2) is 8.81. The minimum Gasteiger partial charge on any atom is -0.491 e. The SMILES string of the molecule is CCN1CCN(C(=O)c2cnc(Nc3ccc(OC(C)C)cc3)nc2)CC1. The van der Waals surface area contributed by atoms with Crippen LogP contribution in [-0.2, 0) is 0 Å². The summed E-state index contributed by atoms with van der Waals surface area (Å²) in [6.45, 7) is 10.5. The van der Waals surface area contributed by atoms with Crippen LogP contribution in [0.3, 0.4) is 0 Å². The number of nitrogens with one attached hydrogen (secondary N) is 1. The molecule has 7 nitrogen and oxygen atoms in total. The molecule has 1 aliphatic rings. The highest BCUT2D eigenvalue weighted by molar-refractivity contribution is 5.93. The Kier molecular flexibility index (Phi) is 6.24. The third-order valence-electron chi connectivity index (χ3n) is 4.49. The lowest BCUT2D eigenvalue weighted by molar-refractivity contribution is 0.0642. The summed E-state index contributed by atoms with van der Waals surface area (Å²) in [5.41, 5.74) is 1.38. The molecule has 27 heavy (non-hydrogen) atoms. The molecule has 1 saturated heterocycles. The Morgan fingerprint density at radius 1 is 1.11 bits per heavy atom.